The highest BCUT2D eigenvalue weighted by Gasteiger charge is 2.64. The highest BCUT2D eigenvalue weighted by molar-refractivity contribution is 6.17. The molecule has 4 aromatic rings. The van der Waals surface area contributed by atoms with Gasteiger partial charge in [0.25, 0.3) is 11.8 Å². The average molecular weight is 513 g/mol. The Kier molecular flexibility index (Phi) is 5.47. The minimum atomic E-state index is -1.79. The number of carbonyl (C=O) groups excluding carboxylic acids is 2. The molecule has 0 saturated carbocycles. The summed E-state index contributed by atoms with van der Waals surface area (Å²) in [6.07, 6.45) is 0.191. The lowest BCUT2D eigenvalue weighted by molar-refractivity contribution is -0.126. The maximum absolute atomic E-state index is 14.7. The van der Waals surface area contributed by atoms with Gasteiger partial charge >= 0.3 is 0 Å². The summed E-state index contributed by atoms with van der Waals surface area (Å²) < 4.78 is 20.8. The predicted octanol–water partition coefficient (Wildman–Crippen LogP) is 4.18. The van der Waals surface area contributed by atoms with Crippen LogP contribution in [0.5, 0.6) is 0 Å². The molecule has 6 rings (SSSR count). The Labute approximate surface area is 217 Å². The summed E-state index contributed by atoms with van der Waals surface area (Å²) in [5, 5.41) is 9.89. The standard InChI is InChI=1S/C30H25FN2O5/c1-17-14-20-24(15-18(17)2)38-27-25(26(20)35)30(33(28(27)36)12-7-13-34)21-9-4-6-11-23(21)32(29(30)37)16-19-8-3-5-10-22(19)31/h3-6,8-11,14-15,34H,7,12-13,16H2,1-2H3. The van der Waals surface area contributed by atoms with Crippen molar-refractivity contribution in [3.8, 4) is 0 Å². The molecule has 2 amide bonds. The van der Waals surface area contributed by atoms with Crippen molar-refractivity contribution in [2.75, 3.05) is 18.1 Å². The van der Waals surface area contributed by atoms with Crippen molar-refractivity contribution in [2.24, 2.45) is 0 Å². The number of aliphatic hydroxyl groups excluding tert-OH is 1. The number of carbonyl (C=O) groups is 2. The first-order valence-corrected chi connectivity index (χ1v) is 12.5. The van der Waals surface area contributed by atoms with E-state index >= 15 is 0 Å². The van der Waals surface area contributed by atoms with Crippen molar-refractivity contribution < 1.29 is 23.5 Å². The molecule has 2 aliphatic rings. The second kappa shape index (κ2) is 8.63. The summed E-state index contributed by atoms with van der Waals surface area (Å²) in [5.74, 6) is -1.78. The normalized spacial score (nSPS) is 18.1. The van der Waals surface area contributed by atoms with Crippen LogP contribution in [0.1, 0.15) is 44.8 Å². The lowest BCUT2D eigenvalue weighted by Crippen LogP contribution is -2.53. The molecule has 0 saturated heterocycles. The molecule has 0 aliphatic carbocycles. The molecule has 1 spiro atoms. The number of fused-ring (bicyclic) bond motifs is 5. The molecule has 1 unspecified atom stereocenters. The summed E-state index contributed by atoms with van der Waals surface area (Å²) in [6.45, 7) is 3.48. The van der Waals surface area contributed by atoms with Gasteiger partial charge in [-0.05, 0) is 55.7 Å². The quantitative estimate of drug-likeness (QED) is 0.433. The average Bonchev–Trinajstić information content (AvgIpc) is 3.30. The van der Waals surface area contributed by atoms with Gasteiger partial charge in [-0.1, -0.05) is 36.4 Å². The molecule has 0 bridgehead atoms. The first-order chi connectivity index (χ1) is 18.3. The highest BCUT2D eigenvalue weighted by Crippen LogP contribution is 2.53. The molecule has 7 nitrogen and oxygen atoms in total. The number of halogens is 1. The molecule has 1 N–H and O–H groups in total. The maximum Gasteiger partial charge on any atom is 0.291 e. The van der Waals surface area contributed by atoms with Gasteiger partial charge in [0.15, 0.2) is 11.0 Å². The van der Waals surface area contributed by atoms with Gasteiger partial charge in [-0.3, -0.25) is 14.4 Å². The first-order valence-electron chi connectivity index (χ1n) is 12.5. The SMILES string of the molecule is Cc1cc2oc3c(c(=O)c2cc1C)C1(C(=O)N(Cc2ccccc2F)c2ccccc21)N(CCCO)C3=O. The second-order valence-electron chi connectivity index (χ2n) is 9.81. The number of amides is 2. The van der Waals surface area contributed by atoms with Crippen molar-refractivity contribution in [3.05, 3.63) is 110 Å². The van der Waals surface area contributed by atoms with Crippen LogP contribution in [0.3, 0.4) is 0 Å². The molecule has 2 aliphatic heterocycles. The minimum Gasteiger partial charge on any atom is -0.450 e. The molecule has 1 aromatic heterocycles. The Bertz CT molecular complexity index is 1710. The van der Waals surface area contributed by atoms with Crippen molar-refractivity contribution in [1.29, 1.82) is 0 Å². The van der Waals surface area contributed by atoms with Crippen LogP contribution in [0.4, 0.5) is 10.1 Å². The number of anilines is 1. The Morgan fingerprint density at radius 3 is 2.45 bits per heavy atom. The van der Waals surface area contributed by atoms with E-state index in [-0.39, 0.29) is 48.4 Å². The summed E-state index contributed by atoms with van der Waals surface area (Å²) in [6, 6.07) is 16.6. The van der Waals surface area contributed by atoms with Gasteiger partial charge in [0.1, 0.15) is 11.4 Å². The monoisotopic (exact) mass is 512 g/mol. The zero-order chi connectivity index (χ0) is 26.8. The van der Waals surface area contributed by atoms with Gasteiger partial charge in [-0.2, -0.15) is 0 Å². The van der Waals surface area contributed by atoms with Crippen LogP contribution in [-0.2, 0) is 16.9 Å². The van der Waals surface area contributed by atoms with Crippen LogP contribution >= 0.6 is 0 Å². The molecule has 3 heterocycles. The fraction of sp³-hybridized carbons (Fsp3) is 0.233. The molecular formula is C30H25FN2O5. The molecule has 3 aromatic carbocycles. The van der Waals surface area contributed by atoms with Crippen molar-refractivity contribution >= 4 is 28.5 Å². The van der Waals surface area contributed by atoms with Gasteiger partial charge in [0, 0.05) is 24.3 Å². The van der Waals surface area contributed by atoms with Crippen molar-refractivity contribution in [3.63, 3.8) is 0 Å². The topological polar surface area (TPSA) is 91.1 Å². The molecular weight excluding hydrogens is 487 g/mol. The number of hydrogen-bond donors (Lipinski definition) is 1. The molecule has 0 radical (unpaired) electrons. The largest absolute Gasteiger partial charge is 0.450 e. The molecule has 8 heteroatoms. The van der Waals surface area contributed by atoms with Crippen LogP contribution in [0, 0.1) is 19.7 Å². The van der Waals surface area contributed by atoms with Crippen molar-refractivity contribution in [1.82, 2.24) is 4.90 Å². The van der Waals surface area contributed by atoms with E-state index in [2.05, 4.69) is 0 Å². The van der Waals surface area contributed by atoms with E-state index in [4.69, 9.17) is 4.42 Å². The van der Waals surface area contributed by atoms with E-state index in [9.17, 15) is 23.9 Å². The Balaban J connectivity index is 1.66. The summed E-state index contributed by atoms with van der Waals surface area (Å²) in [7, 11) is 0. The van der Waals surface area contributed by atoms with Crippen LogP contribution < -0.4 is 10.3 Å². The lowest BCUT2D eigenvalue weighted by atomic mass is 9.83. The van der Waals surface area contributed by atoms with Crippen LogP contribution in [0.2, 0.25) is 0 Å². The number of nitrogens with zero attached hydrogens (tertiary/aromatic N) is 2. The number of para-hydroxylation sites is 1. The third kappa shape index (κ3) is 3.13. The fourth-order valence-corrected chi connectivity index (χ4v) is 5.73. The lowest BCUT2D eigenvalue weighted by Gasteiger charge is -2.34. The minimum absolute atomic E-state index is 0.0149. The van der Waals surface area contributed by atoms with E-state index in [1.165, 1.54) is 15.9 Å². The maximum atomic E-state index is 14.7. The Hall–Kier alpha value is -4.30. The molecule has 0 fully saturated rings. The fourth-order valence-electron chi connectivity index (χ4n) is 5.73. The number of aliphatic hydroxyl groups is 1. The second-order valence-corrected chi connectivity index (χ2v) is 9.81. The van der Waals surface area contributed by atoms with Crippen LogP contribution in [0.15, 0.2) is 69.9 Å². The molecule has 1 atom stereocenters. The summed E-state index contributed by atoms with van der Waals surface area (Å²) >= 11 is 0. The number of rotatable bonds is 5. The summed E-state index contributed by atoms with van der Waals surface area (Å²) in [5.41, 5.74) is 0.983. The van der Waals surface area contributed by atoms with Crippen LogP contribution in [0.25, 0.3) is 11.0 Å². The number of hydrogen-bond acceptors (Lipinski definition) is 5. The highest BCUT2D eigenvalue weighted by atomic mass is 19.1. The first kappa shape index (κ1) is 24.1. The Morgan fingerprint density at radius 2 is 1.68 bits per heavy atom. The van der Waals surface area contributed by atoms with Gasteiger partial charge in [0.05, 0.1) is 23.2 Å². The van der Waals surface area contributed by atoms with Gasteiger partial charge in [-0.15, -0.1) is 0 Å². The number of benzene rings is 3. The van der Waals surface area contributed by atoms with Gasteiger partial charge in [-0.25, -0.2) is 4.39 Å². The third-order valence-electron chi connectivity index (χ3n) is 7.68. The van der Waals surface area contributed by atoms with Gasteiger partial charge in [0.2, 0.25) is 5.76 Å². The zero-order valence-electron chi connectivity index (χ0n) is 21.0. The third-order valence-corrected chi connectivity index (χ3v) is 7.68. The van der Waals surface area contributed by atoms with E-state index in [0.29, 0.717) is 16.8 Å². The van der Waals surface area contributed by atoms with Gasteiger partial charge < -0.3 is 19.3 Å². The Morgan fingerprint density at radius 1 is 0.974 bits per heavy atom. The predicted molar refractivity (Wildman–Crippen MR) is 140 cm³/mol. The smallest absolute Gasteiger partial charge is 0.291 e. The number of aryl methyl sites for hydroxylation is 2. The van der Waals surface area contributed by atoms with Crippen LogP contribution in [-0.4, -0.2) is 35.0 Å². The van der Waals surface area contributed by atoms with E-state index in [1.54, 1.807) is 54.6 Å². The van der Waals surface area contributed by atoms with E-state index < -0.39 is 28.6 Å². The molecule has 192 valence electrons. The van der Waals surface area contributed by atoms with Crippen molar-refractivity contribution in [2.45, 2.75) is 32.4 Å². The molecule has 38 heavy (non-hydrogen) atoms. The van der Waals surface area contributed by atoms with E-state index in [1.807, 2.05) is 13.8 Å². The zero-order valence-corrected chi connectivity index (χ0v) is 21.0. The van der Waals surface area contributed by atoms with E-state index in [0.717, 1.165) is 11.1 Å². The summed E-state index contributed by atoms with van der Waals surface area (Å²) in [4.78, 5) is 45.3.